The monoisotopic (exact) mass is 1030 g/mol. The van der Waals surface area contributed by atoms with Gasteiger partial charge in [-0.2, -0.15) is 0 Å². The molecule has 1 unspecified atom stereocenters. The van der Waals surface area contributed by atoms with Crippen LogP contribution in [0.5, 0.6) is 0 Å². The number of carbonyl (C=O) groups excluding carboxylic acids is 3. The first-order chi connectivity index (χ1) is 36.5. The highest BCUT2D eigenvalue weighted by Gasteiger charge is 2.19. The maximum absolute atomic E-state index is 12.9. The summed E-state index contributed by atoms with van der Waals surface area (Å²) in [6.07, 6.45) is 79.7. The molecule has 0 fully saturated rings. The molecule has 0 bridgehead atoms. The van der Waals surface area contributed by atoms with Crippen LogP contribution in [0, 0.1) is 0 Å². The molecule has 0 amide bonds. The van der Waals surface area contributed by atoms with E-state index in [1.54, 1.807) is 0 Å². The Labute approximate surface area is 460 Å². The van der Waals surface area contributed by atoms with Gasteiger partial charge in [-0.15, -0.1) is 0 Å². The first-order valence-electron chi connectivity index (χ1n) is 32.3. The first-order valence-corrected chi connectivity index (χ1v) is 32.3. The van der Waals surface area contributed by atoms with Crippen molar-refractivity contribution in [1.82, 2.24) is 0 Å². The SMILES string of the molecule is CC/C=C\C/C=C\C/C=C\C/C=C\CCC(=O)OCC(COC(=O)CCCCCCCCCCCCCCCCCCCCCCCC)OC(=O)CCCCCCCCCCC/C=C\CCCCCCCCCC. The predicted octanol–water partition coefficient (Wildman–Crippen LogP) is 21.9. The lowest BCUT2D eigenvalue weighted by Gasteiger charge is -2.18. The third-order valence-corrected chi connectivity index (χ3v) is 14.3. The van der Waals surface area contributed by atoms with Crippen molar-refractivity contribution in [2.75, 3.05) is 13.2 Å². The largest absolute Gasteiger partial charge is 0.462 e. The summed E-state index contributed by atoms with van der Waals surface area (Å²) in [4.78, 5) is 38.2. The molecule has 0 saturated carbocycles. The number of hydrogen-bond donors (Lipinski definition) is 0. The van der Waals surface area contributed by atoms with Crippen LogP contribution < -0.4 is 0 Å². The standard InChI is InChI=1S/C68H122O6/c1-4-7-10-13-16-19-22-25-27-29-31-33-35-36-38-40-43-46-49-52-55-58-61-67(70)73-64-65(63-72-66(69)60-57-54-51-48-45-42-24-21-18-15-12-9-6-3)74-68(71)62-59-56-53-50-47-44-41-39-37-34-32-30-28-26-23-20-17-14-11-8-5-2/h9,12,18,21,30,32,42,45,51,54,65H,4-8,10-11,13-17,19-20,22-29,31,33-41,43-44,46-50,52-53,55-64H2,1-3H3/b12-9-,21-18-,32-30-,45-42-,54-51-. The molecule has 0 rings (SSSR count). The van der Waals surface area contributed by atoms with Gasteiger partial charge < -0.3 is 14.2 Å². The Morgan fingerprint density at radius 3 is 0.905 bits per heavy atom. The van der Waals surface area contributed by atoms with Crippen LogP contribution in [0.15, 0.2) is 60.8 Å². The smallest absolute Gasteiger partial charge is 0.306 e. The topological polar surface area (TPSA) is 78.9 Å². The predicted molar refractivity (Wildman–Crippen MR) is 321 cm³/mol. The van der Waals surface area contributed by atoms with E-state index in [4.69, 9.17) is 14.2 Å². The van der Waals surface area contributed by atoms with E-state index in [0.717, 1.165) is 64.2 Å². The maximum atomic E-state index is 12.9. The van der Waals surface area contributed by atoms with Gasteiger partial charge in [0.2, 0.25) is 0 Å². The summed E-state index contributed by atoms with van der Waals surface area (Å²) in [5, 5.41) is 0. The fraction of sp³-hybridized carbons (Fsp3) is 0.809. The Balaban J connectivity index is 4.32. The number of hydrogen-bond acceptors (Lipinski definition) is 6. The summed E-state index contributed by atoms with van der Waals surface area (Å²) in [5.74, 6) is -0.963. The maximum Gasteiger partial charge on any atom is 0.306 e. The number of carbonyl (C=O) groups is 3. The van der Waals surface area contributed by atoms with Crippen molar-refractivity contribution in [1.29, 1.82) is 0 Å². The van der Waals surface area contributed by atoms with Crippen molar-refractivity contribution in [3.8, 4) is 0 Å². The van der Waals surface area contributed by atoms with Gasteiger partial charge in [0.25, 0.3) is 0 Å². The van der Waals surface area contributed by atoms with E-state index < -0.39 is 6.10 Å². The van der Waals surface area contributed by atoms with Crippen molar-refractivity contribution < 1.29 is 28.6 Å². The molecule has 0 aliphatic rings. The molecule has 0 saturated heterocycles. The highest BCUT2D eigenvalue weighted by atomic mass is 16.6. The molecule has 0 aliphatic heterocycles. The Bertz CT molecular complexity index is 1330. The average molecular weight is 1040 g/mol. The number of esters is 3. The second-order valence-electron chi connectivity index (χ2n) is 21.6. The lowest BCUT2D eigenvalue weighted by Crippen LogP contribution is -2.30. The van der Waals surface area contributed by atoms with Gasteiger partial charge in [-0.3, -0.25) is 14.4 Å². The zero-order valence-electron chi connectivity index (χ0n) is 49.4. The molecule has 0 aromatic rings. The van der Waals surface area contributed by atoms with Gasteiger partial charge >= 0.3 is 17.9 Å². The van der Waals surface area contributed by atoms with Crippen LogP contribution >= 0.6 is 0 Å². The highest BCUT2D eigenvalue weighted by molar-refractivity contribution is 5.71. The minimum absolute atomic E-state index is 0.0936. The molecular formula is C68H122O6. The third kappa shape index (κ3) is 60.0. The molecule has 0 spiro atoms. The lowest BCUT2D eigenvalue weighted by atomic mass is 10.0. The van der Waals surface area contributed by atoms with Crippen LogP contribution in [0.2, 0.25) is 0 Å². The van der Waals surface area contributed by atoms with Gasteiger partial charge in [-0.05, 0) is 70.6 Å². The van der Waals surface area contributed by atoms with Crippen molar-refractivity contribution in [2.24, 2.45) is 0 Å². The first kappa shape index (κ1) is 71.1. The normalized spacial score (nSPS) is 12.4. The molecule has 0 aliphatic carbocycles. The van der Waals surface area contributed by atoms with E-state index in [2.05, 4.69) is 75.5 Å². The third-order valence-electron chi connectivity index (χ3n) is 14.3. The molecule has 0 radical (unpaired) electrons. The highest BCUT2D eigenvalue weighted by Crippen LogP contribution is 2.17. The van der Waals surface area contributed by atoms with E-state index in [1.807, 2.05) is 6.08 Å². The number of unbranched alkanes of at least 4 members (excludes halogenated alkanes) is 38. The summed E-state index contributed by atoms with van der Waals surface area (Å²) in [6.45, 7) is 6.51. The molecule has 0 heterocycles. The molecule has 74 heavy (non-hydrogen) atoms. The number of allylic oxidation sites excluding steroid dienone is 10. The Morgan fingerprint density at radius 1 is 0.284 bits per heavy atom. The average Bonchev–Trinajstić information content (AvgIpc) is 3.40. The molecular weight excluding hydrogens is 913 g/mol. The molecule has 6 nitrogen and oxygen atoms in total. The fourth-order valence-electron chi connectivity index (χ4n) is 9.45. The van der Waals surface area contributed by atoms with Crippen molar-refractivity contribution in [3.05, 3.63) is 60.8 Å². The molecule has 0 aromatic heterocycles. The molecule has 0 aromatic carbocycles. The van der Waals surface area contributed by atoms with Crippen LogP contribution in [-0.2, 0) is 28.6 Å². The van der Waals surface area contributed by atoms with Gasteiger partial charge in [0.1, 0.15) is 13.2 Å². The van der Waals surface area contributed by atoms with E-state index in [1.165, 1.54) is 225 Å². The summed E-state index contributed by atoms with van der Waals surface area (Å²) in [6, 6.07) is 0. The van der Waals surface area contributed by atoms with Gasteiger partial charge in [-0.25, -0.2) is 0 Å². The Hall–Kier alpha value is -2.89. The quantitative estimate of drug-likeness (QED) is 0.0261. The van der Waals surface area contributed by atoms with E-state index >= 15 is 0 Å². The van der Waals surface area contributed by atoms with Crippen molar-refractivity contribution >= 4 is 17.9 Å². The minimum Gasteiger partial charge on any atom is -0.462 e. The molecule has 1 atom stereocenters. The summed E-state index contributed by atoms with van der Waals surface area (Å²) >= 11 is 0. The van der Waals surface area contributed by atoms with Crippen molar-refractivity contribution in [2.45, 2.75) is 341 Å². The minimum atomic E-state index is -0.803. The van der Waals surface area contributed by atoms with Crippen molar-refractivity contribution in [3.63, 3.8) is 0 Å². The number of ether oxygens (including phenoxy) is 3. The van der Waals surface area contributed by atoms with Gasteiger partial charge in [-0.1, -0.05) is 306 Å². The lowest BCUT2D eigenvalue weighted by molar-refractivity contribution is -0.166. The van der Waals surface area contributed by atoms with Gasteiger partial charge in [0.05, 0.1) is 0 Å². The second kappa shape index (κ2) is 62.6. The van der Waals surface area contributed by atoms with Crippen LogP contribution in [-0.4, -0.2) is 37.2 Å². The summed E-state index contributed by atoms with van der Waals surface area (Å²) < 4.78 is 16.9. The molecule has 430 valence electrons. The van der Waals surface area contributed by atoms with Crippen LogP contribution in [0.3, 0.4) is 0 Å². The fourth-order valence-corrected chi connectivity index (χ4v) is 9.45. The summed E-state index contributed by atoms with van der Waals surface area (Å²) in [7, 11) is 0. The Kier molecular flexibility index (Phi) is 60.2. The van der Waals surface area contributed by atoms with E-state index in [0.29, 0.717) is 19.3 Å². The van der Waals surface area contributed by atoms with E-state index in [9.17, 15) is 14.4 Å². The van der Waals surface area contributed by atoms with Gasteiger partial charge in [0, 0.05) is 19.3 Å². The second-order valence-corrected chi connectivity index (χ2v) is 21.6. The Morgan fingerprint density at radius 2 is 0.554 bits per heavy atom. The number of rotatable bonds is 59. The van der Waals surface area contributed by atoms with E-state index in [-0.39, 0.29) is 37.5 Å². The zero-order valence-corrected chi connectivity index (χ0v) is 49.4. The van der Waals surface area contributed by atoms with Crippen LogP contribution in [0.4, 0.5) is 0 Å². The van der Waals surface area contributed by atoms with Crippen LogP contribution in [0.25, 0.3) is 0 Å². The summed E-state index contributed by atoms with van der Waals surface area (Å²) in [5.41, 5.74) is 0. The van der Waals surface area contributed by atoms with Gasteiger partial charge in [0.15, 0.2) is 6.10 Å². The molecule has 0 N–H and O–H groups in total. The molecule has 6 heteroatoms. The zero-order chi connectivity index (χ0) is 53.6. The van der Waals surface area contributed by atoms with Crippen LogP contribution in [0.1, 0.15) is 335 Å².